The molecule has 0 unspecified atom stereocenters. The molecule has 0 aliphatic rings. The summed E-state index contributed by atoms with van der Waals surface area (Å²) in [5.41, 5.74) is 6.16. The number of thioether (sulfide) groups is 1. The molecule has 0 atom stereocenters. The number of nitrogens with zero attached hydrogens (tertiary/aromatic N) is 1. The lowest BCUT2D eigenvalue weighted by atomic mass is 10.1. The number of ether oxygens (including phenoxy) is 2. The Labute approximate surface area is 244 Å². The van der Waals surface area contributed by atoms with Crippen molar-refractivity contribution in [1.29, 1.82) is 0 Å². The van der Waals surface area contributed by atoms with Gasteiger partial charge in [-0.3, -0.25) is 9.59 Å². The highest BCUT2D eigenvalue weighted by Gasteiger charge is 2.14. The van der Waals surface area contributed by atoms with Crippen molar-refractivity contribution in [2.45, 2.75) is 45.1 Å². The van der Waals surface area contributed by atoms with Gasteiger partial charge in [-0.1, -0.05) is 60.2 Å². The average molecular weight is 574 g/mol. The molecule has 3 aromatic carbocycles. The minimum absolute atomic E-state index is 0.0960. The summed E-state index contributed by atoms with van der Waals surface area (Å²) < 4.78 is 13.6. The quantitative estimate of drug-likeness (QED) is 0.0932. The molecule has 0 aliphatic carbocycles. The van der Waals surface area contributed by atoms with Crippen molar-refractivity contribution in [3.8, 4) is 11.5 Å². The number of fused-ring (bicyclic) bond motifs is 1. The monoisotopic (exact) mass is 573 g/mol. The van der Waals surface area contributed by atoms with Gasteiger partial charge in [0.05, 0.1) is 24.5 Å². The van der Waals surface area contributed by atoms with E-state index < -0.39 is 11.9 Å². The molecule has 4 aromatic rings. The predicted octanol–water partition coefficient (Wildman–Crippen LogP) is 7.24. The topological polar surface area (TPSA) is 98.0 Å². The van der Waals surface area contributed by atoms with E-state index in [1.54, 1.807) is 10.8 Å². The van der Waals surface area contributed by atoms with E-state index in [4.69, 9.17) is 14.6 Å². The second kappa shape index (κ2) is 13.9. The van der Waals surface area contributed by atoms with E-state index in [-0.39, 0.29) is 12.3 Å². The van der Waals surface area contributed by atoms with Crippen molar-refractivity contribution < 1.29 is 29.3 Å². The molecule has 0 fully saturated rings. The van der Waals surface area contributed by atoms with Crippen molar-refractivity contribution in [3.63, 3.8) is 0 Å². The van der Waals surface area contributed by atoms with Crippen LogP contribution >= 0.6 is 11.8 Å². The lowest BCUT2D eigenvalue weighted by molar-refractivity contribution is -0.137. The number of para-hydroxylation sites is 1. The van der Waals surface area contributed by atoms with E-state index >= 15 is 0 Å². The number of unbranched alkanes of at least 4 members (excludes halogenated alkanes) is 1. The number of aromatic nitrogens is 1. The van der Waals surface area contributed by atoms with Crippen LogP contribution in [0.4, 0.5) is 0 Å². The van der Waals surface area contributed by atoms with Gasteiger partial charge in [0.15, 0.2) is 0 Å². The van der Waals surface area contributed by atoms with Crippen LogP contribution in [0.15, 0.2) is 65.7 Å². The molecule has 7 nitrogen and oxygen atoms in total. The standard InChI is InChI=1S/C33H35NO6S/c1-22-17-23(2)33(24(3)18-22)40-16-5-4-15-39-27-13-10-25(11-14-27)9-12-26-7-6-8-28-29(41-21-31(37)38)19-34(32(26)28)20-30(35)36/h6-14,17-19H,4-5,15-16,20-21H2,1-3H3,(H,35,36)(H,37,38). The first-order chi connectivity index (χ1) is 19.7. The van der Waals surface area contributed by atoms with E-state index in [2.05, 4.69) is 32.9 Å². The maximum absolute atomic E-state index is 11.5. The molecule has 4 rings (SSSR count). The number of carboxylic acid groups (broad SMARTS) is 2. The van der Waals surface area contributed by atoms with Gasteiger partial charge in [-0.2, -0.15) is 0 Å². The number of benzene rings is 3. The maximum Gasteiger partial charge on any atom is 0.323 e. The molecule has 0 amide bonds. The molecule has 41 heavy (non-hydrogen) atoms. The van der Waals surface area contributed by atoms with E-state index in [0.717, 1.165) is 51.3 Å². The van der Waals surface area contributed by atoms with Gasteiger partial charge in [0.25, 0.3) is 0 Å². The smallest absolute Gasteiger partial charge is 0.323 e. The van der Waals surface area contributed by atoms with Gasteiger partial charge in [-0.25, -0.2) is 0 Å². The zero-order valence-electron chi connectivity index (χ0n) is 23.6. The lowest BCUT2D eigenvalue weighted by Gasteiger charge is -2.13. The first-order valence-electron chi connectivity index (χ1n) is 13.5. The van der Waals surface area contributed by atoms with Crippen LogP contribution in [0, 0.1) is 20.8 Å². The van der Waals surface area contributed by atoms with Gasteiger partial charge >= 0.3 is 11.9 Å². The molecule has 1 aromatic heterocycles. The van der Waals surface area contributed by atoms with Gasteiger partial charge in [0.1, 0.15) is 18.0 Å². The Balaban J connectivity index is 1.34. The maximum atomic E-state index is 11.5. The van der Waals surface area contributed by atoms with Crippen LogP contribution in [-0.2, 0) is 16.1 Å². The van der Waals surface area contributed by atoms with Crippen LogP contribution in [0.5, 0.6) is 11.5 Å². The van der Waals surface area contributed by atoms with Crippen LogP contribution in [0.2, 0.25) is 0 Å². The first kappa shape index (κ1) is 29.8. The summed E-state index contributed by atoms with van der Waals surface area (Å²) >= 11 is 1.18. The highest BCUT2D eigenvalue weighted by molar-refractivity contribution is 8.00. The summed E-state index contributed by atoms with van der Waals surface area (Å²) in [5, 5.41) is 19.3. The molecule has 214 valence electrons. The Bertz CT molecular complexity index is 1530. The van der Waals surface area contributed by atoms with Crippen molar-refractivity contribution in [3.05, 3.63) is 88.6 Å². The number of aryl methyl sites for hydroxylation is 3. The zero-order chi connectivity index (χ0) is 29.4. The fraction of sp³-hybridized carbons (Fsp3) is 0.273. The zero-order valence-corrected chi connectivity index (χ0v) is 24.4. The number of carboxylic acids is 2. The summed E-state index contributed by atoms with van der Waals surface area (Å²) in [6, 6.07) is 17.8. The molecule has 0 bridgehead atoms. The van der Waals surface area contributed by atoms with E-state index in [1.165, 1.54) is 28.5 Å². The van der Waals surface area contributed by atoms with Crippen molar-refractivity contribution in [2.24, 2.45) is 0 Å². The predicted molar refractivity (Wildman–Crippen MR) is 164 cm³/mol. The number of aliphatic carboxylic acids is 2. The lowest BCUT2D eigenvalue weighted by Crippen LogP contribution is -2.07. The van der Waals surface area contributed by atoms with Gasteiger partial charge in [-0.15, -0.1) is 11.8 Å². The summed E-state index contributed by atoms with van der Waals surface area (Å²) in [4.78, 5) is 23.3. The normalized spacial score (nSPS) is 11.3. The highest BCUT2D eigenvalue weighted by atomic mass is 32.2. The molecular weight excluding hydrogens is 538 g/mol. The molecule has 0 radical (unpaired) electrons. The van der Waals surface area contributed by atoms with Crippen LogP contribution in [-0.4, -0.2) is 45.7 Å². The summed E-state index contributed by atoms with van der Waals surface area (Å²) in [5.74, 6) is -0.207. The molecule has 2 N–H and O–H groups in total. The summed E-state index contributed by atoms with van der Waals surface area (Å²) in [6.07, 6.45) is 7.41. The minimum Gasteiger partial charge on any atom is -0.494 e. The summed E-state index contributed by atoms with van der Waals surface area (Å²) in [6.45, 7) is 7.30. The van der Waals surface area contributed by atoms with Gasteiger partial charge in [-0.05, 0) is 68.0 Å². The minimum atomic E-state index is -0.963. The van der Waals surface area contributed by atoms with Crippen molar-refractivity contribution in [1.82, 2.24) is 4.57 Å². The average Bonchev–Trinajstić information content (AvgIpc) is 3.27. The Morgan fingerprint density at radius 2 is 1.56 bits per heavy atom. The third-order valence-corrected chi connectivity index (χ3v) is 7.57. The SMILES string of the molecule is Cc1cc(C)c(OCCCCOc2ccc(C=Cc3cccc4c(SCC(=O)O)cn(CC(=O)O)c34)cc2)c(C)c1. The van der Waals surface area contributed by atoms with Gasteiger partial charge < -0.3 is 24.3 Å². The third-order valence-electron chi connectivity index (χ3n) is 6.54. The number of rotatable bonds is 14. The molecule has 1 heterocycles. The van der Waals surface area contributed by atoms with Crippen molar-refractivity contribution in [2.75, 3.05) is 19.0 Å². The number of carbonyl (C=O) groups is 2. The van der Waals surface area contributed by atoms with Crippen LogP contribution in [0.25, 0.3) is 23.1 Å². The van der Waals surface area contributed by atoms with E-state index in [0.29, 0.717) is 13.2 Å². The largest absolute Gasteiger partial charge is 0.494 e. The summed E-state index contributed by atoms with van der Waals surface area (Å²) in [7, 11) is 0. The first-order valence-corrected chi connectivity index (χ1v) is 14.5. The highest BCUT2D eigenvalue weighted by Crippen LogP contribution is 2.33. The van der Waals surface area contributed by atoms with Crippen molar-refractivity contribution >= 4 is 46.8 Å². The fourth-order valence-corrected chi connectivity index (χ4v) is 5.64. The van der Waals surface area contributed by atoms with Crippen LogP contribution in [0.3, 0.4) is 0 Å². The van der Waals surface area contributed by atoms with E-state index in [1.807, 2.05) is 54.6 Å². The molecular formula is C33H35NO6S. The molecule has 8 heteroatoms. The Kier molecular flexibility index (Phi) is 10.1. The number of hydrogen-bond acceptors (Lipinski definition) is 5. The van der Waals surface area contributed by atoms with E-state index in [9.17, 15) is 14.7 Å². The Morgan fingerprint density at radius 3 is 2.22 bits per heavy atom. The molecule has 0 spiro atoms. The fourth-order valence-electron chi connectivity index (χ4n) is 4.84. The number of hydrogen-bond donors (Lipinski definition) is 2. The molecule has 0 aliphatic heterocycles. The second-order valence-electron chi connectivity index (χ2n) is 9.98. The van der Waals surface area contributed by atoms with Crippen LogP contribution in [0.1, 0.15) is 40.7 Å². The second-order valence-corrected chi connectivity index (χ2v) is 11.0. The van der Waals surface area contributed by atoms with Gasteiger partial charge in [0.2, 0.25) is 0 Å². The molecule has 0 saturated carbocycles. The Morgan fingerprint density at radius 1 is 0.878 bits per heavy atom. The molecule has 0 saturated heterocycles. The van der Waals surface area contributed by atoms with Crippen LogP contribution < -0.4 is 9.47 Å². The Hall–Kier alpha value is -4.17. The van der Waals surface area contributed by atoms with Gasteiger partial charge in [0, 0.05) is 16.5 Å². The third kappa shape index (κ3) is 8.17.